The van der Waals surface area contributed by atoms with Crippen LogP contribution in [0.5, 0.6) is 5.75 Å². The van der Waals surface area contributed by atoms with E-state index in [4.69, 9.17) is 0 Å². The first-order valence-corrected chi connectivity index (χ1v) is 9.06. The van der Waals surface area contributed by atoms with E-state index in [1.54, 1.807) is 18.3 Å². The van der Waals surface area contributed by atoms with Crippen molar-refractivity contribution in [1.29, 1.82) is 0 Å². The van der Waals surface area contributed by atoms with Crippen LogP contribution in [0.3, 0.4) is 0 Å². The molecule has 1 aromatic heterocycles. The summed E-state index contributed by atoms with van der Waals surface area (Å²) in [6.45, 7) is 2.61. The fourth-order valence-corrected chi connectivity index (χ4v) is 3.50. The highest BCUT2D eigenvalue weighted by Gasteiger charge is 2.31. The molecule has 1 aliphatic rings. The van der Waals surface area contributed by atoms with Crippen LogP contribution in [0.25, 0.3) is 11.1 Å². The SMILES string of the molecule is FC(F)(F)Oc1ccc(-c2ccc3c(c2)CN(Cc2ccccn2)CC3)cc1. The van der Waals surface area contributed by atoms with Crippen molar-refractivity contribution in [2.24, 2.45) is 0 Å². The van der Waals surface area contributed by atoms with E-state index >= 15 is 0 Å². The van der Waals surface area contributed by atoms with Crippen LogP contribution in [-0.4, -0.2) is 22.8 Å². The van der Waals surface area contributed by atoms with Gasteiger partial charge >= 0.3 is 6.36 Å². The Morgan fingerprint density at radius 1 is 0.929 bits per heavy atom. The van der Waals surface area contributed by atoms with Gasteiger partial charge < -0.3 is 4.74 Å². The second kappa shape index (κ2) is 7.64. The highest BCUT2D eigenvalue weighted by Crippen LogP contribution is 2.29. The molecule has 0 unspecified atom stereocenters. The number of alkyl halides is 3. The molecule has 0 spiro atoms. The second-order valence-corrected chi connectivity index (χ2v) is 6.84. The summed E-state index contributed by atoms with van der Waals surface area (Å²) in [6.07, 6.45) is -1.90. The molecule has 0 N–H and O–H groups in total. The van der Waals surface area contributed by atoms with Gasteiger partial charge in [-0.3, -0.25) is 9.88 Å². The van der Waals surface area contributed by atoms with E-state index in [0.29, 0.717) is 0 Å². The van der Waals surface area contributed by atoms with Gasteiger partial charge in [-0.15, -0.1) is 13.2 Å². The van der Waals surface area contributed by atoms with Gasteiger partial charge in [0.15, 0.2) is 0 Å². The van der Waals surface area contributed by atoms with Crippen LogP contribution in [0.15, 0.2) is 66.9 Å². The van der Waals surface area contributed by atoms with Gasteiger partial charge in [0.2, 0.25) is 0 Å². The Balaban J connectivity index is 1.50. The van der Waals surface area contributed by atoms with Crippen molar-refractivity contribution in [3.8, 4) is 16.9 Å². The minimum Gasteiger partial charge on any atom is -0.406 e. The van der Waals surface area contributed by atoms with E-state index in [0.717, 1.165) is 42.9 Å². The number of benzene rings is 2. The third kappa shape index (κ3) is 4.51. The molecule has 3 nitrogen and oxygen atoms in total. The Morgan fingerprint density at radius 3 is 2.43 bits per heavy atom. The zero-order chi connectivity index (χ0) is 19.6. The molecule has 2 aromatic carbocycles. The van der Waals surface area contributed by atoms with Crippen molar-refractivity contribution in [3.05, 3.63) is 83.7 Å². The fourth-order valence-electron chi connectivity index (χ4n) is 3.50. The van der Waals surface area contributed by atoms with Gasteiger partial charge in [-0.1, -0.05) is 30.3 Å². The molecule has 0 fully saturated rings. The summed E-state index contributed by atoms with van der Waals surface area (Å²) in [5, 5.41) is 0. The predicted molar refractivity (Wildman–Crippen MR) is 101 cm³/mol. The van der Waals surface area contributed by atoms with Crippen molar-refractivity contribution in [1.82, 2.24) is 9.88 Å². The first-order valence-electron chi connectivity index (χ1n) is 9.06. The summed E-state index contributed by atoms with van der Waals surface area (Å²) >= 11 is 0. The van der Waals surface area contributed by atoms with Gasteiger partial charge in [0, 0.05) is 25.8 Å². The molecular formula is C22H19F3N2O. The van der Waals surface area contributed by atoms with Crippen molar-refractivity contribution in [2.45, 2.75) is 25.9 Å². The Morgan fingerprint density at radius 2 is 1.71 bits per heavy atom. The normalized spacial score (nSPS) is 14.5. The highest BCUT2D eigenvalue weighted by molar-refractivity contribution is 5.65. The summed E-state index contributed by atoms with van der Waals surface area (Å²) < 4.78 is 40.9. The van der Waals surface area contributed by atoms with E-state index in [-0.39, 0.29) is 5.75 Å². The van der Waals surface area contributed by atoms with Crippen molar-refractivity contribution in [3.63, 3.8) is 0 Å². The van der Waals surface area contributed by atoms with Gasteiger partial charge in [-0.25, -0.2) is 0 Å². The van der Waals surface area contributed by atoms with Gasteiger partial charge in [-0.2, -0.15) is 0 Å². The molecule has 0 amide bonds. The zero-order valence-corrected chi connectivity index (χ0v) is 15.1. The number of aromatic nitrogens is 1. The lowest BCUT2D eigenvalue weighted by Gasteiger charge is -2.29. The number of halogens is 3. The van der Waals surface area contributed by atoms with Crippen molar-refractivity contribution >= 4 is 0 Å². The molecule has 0 atom stereocenters. The first-order chi connectivity index (χ1) is 13.5. The Bertz CT molecular complexity index is 940. The molecule has 4 rings (SSSR count). The maximum Gasteiger partial charge on any atom is 0.573 e. The number of hydrogen-bond donors (Lipinski definition) is 0. The highest BCUT2D eigenvalue weighted by atomic mass is 19.4. The predicted octanol–water partition coefficient (Wildman–Crippen LogP) is 5.21. The maximum atomic E-state index is 12.3. The third-order valence-electron chi connectivity index (χ3n) is 4.83. The van der Waals surface area contributed by atoms with Crippen LogP contribution < -0.4 is 4.74 Å². The second-order valence-electron chi connectivity index (χ2n) is 6.84. The van der Waals surface area contributed by atoms with Crippen LogP contribution in [0.1, 0.15) is 16.8 Å². The minimum atomic E-state index is -4.68. The minimum absolute atomic E-state index is 0.212. The number of hydrogen-bond acceptors (Lipinski definition) is 3. The van der Waals surface area contributed by atoms with Crippen LogP contribution in [-0.2, 0) is 19.5 Å². The standard InChI is InChI=1S/C22H19F3N2O/c23-22(24,25)28-21-8-6-16(7-9-21)18-5-4-17-10-12-27(14-19(17)13-18)15-20-3-1-2-11-26-20/h1-9,11,13H,10,12,14-15H2. The molecule has 1 aliphatic heterocycles. The van der Waals surface area contributed by atoms with Gasteiger partial charge in [0.1, 0.15) is 5.75 Å². The average molecular weight is 384 g/mol. The largest absolute Gasteiger partial charge is 0.573 e. The molecule has 0 saturated heterocycles. The Kier molecular flexibility index (Phi) is 5.05. The topological polar surface area (TPSA) is 25.4 Å². The van der Waals surface area contributed by atoms with Crippen molar-refractivity contribution in [2.75, 3.05) is 6.54 Å². The molecular weight excluding hydrogens is 365 g/mol. The number of nitrogens with zero attached hydrogens (tertiary/aromatic N) is 2. The van der Waals surface area contributed by atoms with Gasteiger partial charge in [0.05, 0.1) is 5.69 Å². The fraction of sp³-hybridized carbons (Fsp3) is 0.227. The third-order valence-corrected chi connectivity index (χ3v) is 4.83. The molecule has 3 aromatic rings. The monoisotopic (exact) mass is 384 g/mol. The molecule has 28 heavy (non-hydrogen) atoms. The number of fused-ring (bicyclic) bond motifs is 1. The van der Waals surface area contributed by atoms with Crippen molar-refractivity contribution < 1.29 is 17.9 Å². The van der Waals surface area contributed by atoms with Crippen LogP contribution >= 0.6 is 0 Å². The van der Waals surface area contributed by atoms with E-state index in [1.807, 2.05) is 24.3 Å². The zero-order valence-electron chi connectivity index (χ0n) is 15.1. The molecule has 0 bridgehead atoms. The van der Waals surface area contributed by atoms with Crippen LogP contribution in [0, 0.1) is 0 Å². The molecule has 0 saturated carbocycles. The number of rotatable bonds is 4. The lowest BCUT2D eigenvalue weighted by molar-refractivity contribution is -0.274. The van der Waals surface area contributed by atoms with Gasteiger partial charge in [0.25, 0.3) is 0 Å². The summed E-state index contributed by atoms with van der Waals surface area (Å²) in [5.41, 5.74) is 5.45. The smallest absolute Gasteiger partial charge is 0.406 e. The van der Waals surface area contributed by atoms with E-state index < -0.39 is 6.36 Å². The Hall–Kier alpha value is -2.86. The van der Waals surface area contributed by atoms with E-state index in [2.05, 4.69) is 26.8 Å². The van der Waals surface area contributed by atoms with Crippen LogP contribution in [0.2, 0.25) is 0 Å². The first kappa shape index (κ1) is 18.5. The molecule has 144 valence electrons. The summed E-state index contributed by atoms with van der Waals surface area (Å²) in [4.78, 5) is 6.75. The molecule has 0 aliphatic carbocycles. The molecule has 2 heterocycles. The summed E-state index contributed by atoms with van der Waals surface area (Å²) in [6, 6.07) is 18.2. The average Bonchev–Trinajstić information content (AvgIpc) is 2.68. The van der Waals surface area contributed by atoms with E-state index in [1.165, 1.54) is 23.3 Å². The quantitative estimate of drug-likeness (QED) is 0.618. The Labute approximate surface area is 161 Å². The number of ether oxygens (including phenoxy) is 1. The van der Waals surface area contributed by atoms with Gasteiger partial charge in [-0.05, 0) is 59.0 Å². The maximum absolute atomic E-state index is 12.3. The lowest BCUT2D eigenvalue weighted by atomic mass is 9.94. The van der Waals surface area contributed by atoms with E-state index in [9.17, 15) is 13.2 Å². The number of pyridine rings is 1. The van der Waals surface area contributed by atoms with Crippen LogP contribution in [0.4, 0.5) is 13.2 Å². The summed E-state index contributed by atoms with van der Waals surface area (Å²) in [7, 11) is 0. The molecule has 0 radical (unpaired) electrons. The lowest BCUT2D eigenvalue weighted by Crippen LogP contribution is -2.30. The summed E-state index contributed by atoms with van der Waals surface area (Å²) in [5.74, 6) is -0.212. The molecule has 6 heteroatoms.